The zero-order valence-corrected chi connectivity index (χ0v) is 11.3. The molecule has 0 saturated carbocycles. The van der Waals surface area contributed by atoms with E-state index in [1.165, 1.54) is 18.2 Å². The van der Waals surface area contributed by atoms with E-state index < -0.39 is 4.92 Å². The van der Waals surface area contributed by atoms with Crippen LogP contribution >= 0.6 is 0 Å². The van der Waals surface area contributed by atoms with Crippen LogP contribution in [0.15, 0.2) is 30.3 Å². The van der Waals surface area contributed by atoms with Crippen molar-refractivity contribution in [1.29, 1.82) is 0 Å². The van der Waals surface area contributed by atoms with Gasteiger partial charge in [0.1, 0.15) is 0 Å². The Bertz CT molecular complexity index is 548. The highest BCUT2D eigenvalue weighted by molar-refractivity contribution is 5.92. The summed E-state index contributed by atoms with van der Waals surface area (Å²) in [7, 11) is 0. The molecule has 1 fully saturated rings. The summed E-state index contributed by atoms with van der Waals surface area (Å²) in [6.45, 7) is 3.64. The molecule has 6 heteroatoms. The Kier molecular flexibility index (Phi) is 4.14. The molecule has 1 aromatic rings. The maximum atomic E-state index is 11.8. The topological polar surface area (TPSA) is 84.3 Å². The highest BCUT2D eigenvalue weighted by Crippen LogP contribution is 2.15. The SMILES string of the molecule is CC1(NC(=O)/C=C/c2cccc([N+](=O)[O-])c2)CCNC1. The molecule has 1 amide bonds. The van der Waals surface area contributed by atoms with Gasteiger partial charge in [-0.25, -0.2) is 0 Å². The Labute approximate surface area is 117 Å². The van der Waals surface area contributed by atoms with Crippen molar-refractivity contribution in [2.45, 2.75) is 18.9 Å². The average molecular weight is 275 g/mol. The second kappa shape index (κ2) is 5.83. The third kappa shape index (κ3) is 3.64. The molecule has 1 saturated heterocycles. The number of hydrogen-bond acceptors (Lipinski definition) is 4. The van der Waals surface area contributed by atoms with Gasteiger partial charge in [-0.15, -0.1) is 0 Å². The van der Waals surface area contributed by atoms with Crippen molar-refractivity contribution in [3.05, 3.63) is 46.0 Å². The third-order valence-corrected chi connectivity index (χ3v) is 3.30. The summed E-state index contributed by atoms with van der Waals surface area (Å²) < 4.78 is 0. The molecule has 1 aliphatic heterocycles. The highest BCUT2D eigenvalue weighted by Gasteiger charge is 2.29. The number of nitrogens with zero attached hydrogens (tertiary/aromatic N) is 1. The molecule has 106 valence electrons. The molecule has 0 bridgehead atoms. The van der Waals surface area contributed by atoms with E-state index in [1.807, 2.05) is 6.92 Å². The molecule has 0 aliphatic carbocycles. The van der Waals surface area contributed by atoms with Gasteiger partial charge in [0.2, 0.25) is 5.91 Å². The van der Waals surface area contributed by atoms with Gasteiger partial charge in [-0.3, -0.25) is 14.9 Å². The van der Waals surface area contributed by atoms with Crippen LogP contribution in [0.2, 0.25) is 0 Å². The summed E-state index contributed by atoms with van der Waals surface area (Å²) in [5.41, 5.74) is 0.424. The first kappa shape index (κ1) is 14.2. The number of non-ortho nitro benzene ring substituents is 1. The van der Waals surface area contributed by atoms with Gasteiger partial charge in [0.05, 0.1) is 10.5 Å². The first-order valence-electron chi connectivity index (χ1n) is 6.44. The molecule has 0 radical (unpaired) electrons. The van der Waals surface area contributed by atoms with E-state index in [4.69, 9.17) is 0 Å². The van der Waals surface area contributed by atoms with E-state index in [-0.39, 0.29) is 17.1 Å². The first-order chi connectivity index (χ1) is 9.48. The van der Waals surface area contributed by atoms with Gasteiger partial charge in [0.25, 0.3) is 5.69 Å². The van der Waals surface area contributed by atoms with E-state index in [0.717, 1.165) is 19.5 Å². The minimum absolute atomic E-state index is 0.0134. The van der Waals surface area contributed by atoms with Gasteiger partial charge in [-0.05, 0) is 31.5 Å². The lowest BCUT2D eigenvalue weighted by Crippen LogP contribution is -2.46. The van der Waals surface area contributed by atoms with E-state index in [9.17, 15) is 14.9 Å². The van der Waals surface area contributed by atoms with Gasteiger partial charge in [-0.2, -0.15) is 0 Å². The molecule has 1 aromatic carbocycles. The van der Waals surface area contributed by atoms with E-state index in [2.05, 4.69) is 10.6 Å². The molecule has 0 aromatic heterocycles. The zero-order chi connectivity index (χ0) is 14.6. The molecule has 6 nitrogen and oxygen atoms in total. The fraction of sp³-hybridized carbons (Fsp3) is 0.357. The van der Waals surface area contributed by atoms with Crippen LogP contribution in [0.4, 0.5) is 5.69 Å². The van der Waals surface area contributed by atoms with Crippen molar-refractivity contribution in [3.63, 3.8) is 0 Å². The molecular formula is C14H17N3O3. The molecule has 1 aliphatic rings. The standard InChI is InChI=1S/C14H17N3O3/c1-14(7-8-15-10-14)16-13(18)6-5-11-3-2-4-12(9-11)17(19)20/h2-6,9,15H,7-8,10H2,1H3,(H,16,18)/b6-5+. The number of benzene rings is 1. The Morgan fingerprint density at radius 2 is 2.35 bits per heavy atom. The number of nitro benzene ring substituents is 1. The van der Waals surface area contributed by atoms with Gasteiger partial charge in [0.15, 0.2) is 0 Å². The lowest BCUT2D eigenvalue weighted by atomic mass is 10.0. The van der Waals surface area contributed by atoms with Crippen molar-refractivity contribution in [3.8, 4) is 0 Å². The monoisotopic (exact) mass is 275 g/mol. The fourth-order valence-electron chi connectivity index (χ4n) is 2.18. The zero-order valence-electron chi connectivity index (χ0n) is 11.3. The predicted octanol–water partition coefficient (Wildman–Crippen LogP) is 1.48. The second-order valence-corrected chi connectivity index (χ2v) is 5.16. The Morgan fingerprint density at radius 3 is 3.00 bits per heavy atom. The van der Waals surface area contributed by atoms with Crippen molar-refractivity contribution >= 4 is 17.7 Å². The van der Waals surface area contributed by atoms with E-state index >= 15 is 0 Å². The summed E-state index contributed by atoms with van der Waals surface area (Å²) in [4.78, 5) is 22.0. The molecular weight excluding hydrogens is 258 g/mol. The summed E-state index contributed by atoms with van der Waals surface area (Å²) in [5.74, 6) is -0.192. The van der Waals surface area contributed by atoms with Crippen molar-refractivity contribution < 1.29 is 9.72 Å². The predicted molar refractivity (Wildman–Crippen MR) is 76.2 cm³/mol. The number of hydrogen-bond donors (Lipinski definition) is 2. The largest absolute Gasteiger partial charge is 0.346 e. The van der Waals surface area contributed by atoms with Crippen LogP contribution in [-0.4, -0.2) is 29.5 Å². The minimum Gasteiger partial charge on any atom is -0.346 e. The summed E-state index contributed by atoms with van der Waals surface area (Å²) in [5, 5.41) is 16.8. The number of carbonyl (C=O) groups excluding carboxylic acids is 1. The molecule has 20 heavy (non-hydrogen) atoms. The second-order valence-electron chi connectivity index (χ2n) is 5.16. The number of carbonyl (C=O) groups is 1. The molecule has 1 heterocycles. The van der Waals surface area contributed by atoms with Crippen LogP contribution in [-0.2, 0) is 4.79 Å². The van der Waals surface area contributed by atoms with Crippen LogP contribution in [0.25, 0.3) is 6.08 Å². The summed E-state index contributed by atoms with van der Waals surface area (Å²) >= 11 is 0. The number of rotatable bonds is 4. The van der Waals surface area contributed by atoms with Gasteiger partial charge in [0, 0.05) is 24.8 Å². The molecule has 2 N–H and O–H groups in total. The lowest BCUT2D eigenvalue weighted by Gasteiger charge is -2.23. The fourth-order valence-corrected chi connectivity index (χ4v) is 2.18. The smallest absolute Gasteiger partial charge is 0.270 e. The van der Waals surface area contributed by atoms with E-state index in [0.29, 0.717) is 5.56 Å². The third-order valence-electron chi connectivity index (χ3n) is 3.30. The highest BCUT2D eigenvalue weighted by atomic mass is 16.6. The van der Waals surface area contributed by atoms with Crippen LogP contribution < -0.4 is 10.6 Å². The summed E-state index contributed by atoms with van der Waals surface area (Å²) in [6.07, 6.45) is 3.88. The Balaban J connectivity index is 2.00. The number of amides is 1. The van der Waals surface area contributed by atoms with Crippen molar-refractivity contribution in [2.75, 3.05) is 13.1 Å². The summed E-state index contributed by atoms with van der Waals surface area (Å²) in [6, 6.07) is 6.17. The minimum atomic E-state index is -0.456. The van der Waals surface area contributed by atoms with Crippen molar-refractivity contribution in [1.82, 2.24) is 10.6 Å². The van der Waals surface area contributed by atoms with Crippen LogP contribution in [0.1, 0.15) is 18.9 Å². The van der Waals surface area contributed by atoms with E-state index in [1.54, 1.807) is 18.2 Å². The van der Waals surface area contributed by atoms with Crippen LogP contribution in [0.5, 0.6) is 0 Å². The van der Waals surface area contributed by atoms with Gasteiger partial charge < -0.3 is 10.6 Å². The number of nitro groups is 1. The lowest BCUT2D eigenvalue weighted by molar-refractivity contribution is -0.384. The van der Waals surface area contributed by atoms with Crippen molar-refractivity contribution in [2.24, 2.45) is 0 Å². The van der Waals surface area contributed by atoms with Gasteiger partial charge in [-0.1, -0.05) is 12.1 Å². The van der Waals surface area contributed by atoms with Crippen LogP contribution in [0, 0.1) is 10.1 Å². The molecule has 1 atom stereocenters. The quantitative estimate of drug-likeness (QED) is 0.495. The average Bonchev–Trinajstić information content (AvgIpc) is 2.83. The van der Waals surface area contributed by atoms with Crippen LogP contribution in [0.3, 0.4) is 0 Å². The maximum Gasteiger partial charge on any atom is 0.270 e. The Hall–Kier alpha value is -2.21. The normalized spacial score (nSPS) is 22.1. The van der Waals surface area contributed by atoms with Gasteiger partial charge >= 0.3 is 0 Å². The Morgan fingerprint density at radius 1 is 1.55 bits per heavy atom. The maximum absolute atomic E-state index is 11.8. The first-order valence-corrected chi connectivity index (χ1v) is 6.44. The molecule has 0 spiro atoms. The number of nitrogens with one attached hydrogen (secondary N) is 2. The molecule has 1 unspecified atom stereocenters. The molecule has 2 rings (SSSR count).